The zero-order valence-electron chi connectivity index (χ0n) is 15.7. The average Bonchev–Trinajstić information content (AvgIpc) is 3.16. The van der Waals surface area contributed by atoms with Gasteiger partial charge in [-0.15, -0.1) is 0 Å². The molecule has 0 radical (unpaired) electrons. The summed E-state index contributed by atoms with van der Waals surface area (Å²) >= 11 is 5.95. The summed E-state index contributed by atoms with van der Waals surface area (Å²) in [6, 6.07) is 25.4. The van der Waals surface area contributed by atoms with Crippen LogP contribution in [0.5, 0.6) is 0 Å². The van der Waals surface area contributed by atoms with Crippen LogP contribution in [0.2, 0.25) is 5.02 Å². The number of aryl methyl sites for hydroxylation is 1. The summed E-state index contributed by atoms with van der Waals surface area (Å²) in [6.45, 7) is 0. The van der Waals surface area contributed by atoms with E-state index in [1.807, 2.05) is 30.3 Å². The number of nitrogens with zero attached hydrogens (tertiary/aromatic N) is 1. The van der Waals surface area contributed by atoms with Crippen molar-refractivity contribution in [3.8, 4) is 0 Å². The summed E-state index contributed by atoms with van der Waals surface area (Å²) in [7, 11) is 0. The molecule has 0 saturated heterocycles. The van der Waals surface area contributed by atoms with E-state index >= 15 is 0 Å². The Morgan fingerprint density at radius 1 is 0.931 bits per heavy atom. The van der Waals surface area contributed by atoms with Crippen molar-refractivity contribution in [2.75, 3.05) is 5.32 Å². The van der Waals surface area contributed by atoms with Gasteiger partial charge in [-0.1, -0.05) is 48.0 Å². The maximum absolute atomic E-state index is 13.0. The molecule has 1 atom stereocenters. The van der Waals surface area contributed by atoms with Crippen molar-refractivity contribution in [1.29, 1.82) is 0 Å². The van der Waals surface area contributed by atoms with Gasteiger partial charge in [0.1, 0.15) is 5.82 Å². The molecule has 4 aromatic rings. The molecule has 1 aromatic heterocycles. The molecule has 142 valence electrons. The van der Waals surface area contributed by atoms with Crippen LogP contribution in [-0.2, 0) is 6.42 Å². The first kappa shape index (κ1) is 17.9. The summed E-state index contributed by atoms with van der Waals surface area (Å²) in [6.07, 6.45) is 2.15. The minimum Gasteiger partial charge on any atom is -0.363 e. The molecule has 4 heteroatoms. The van der Waals surface area contributed by atoms with Gasteiger partial charge in [0.25, 0.3) is 0 Å². The average molecular weight is 399 g/mol. The number of carbonyl (C=O) groups excluding carboxylic acids is 1. The van der Waals surface area contributed by atoms with Gasteiger partial charge >= 0.3 is 0 Å². The number of fused-ring (bicyclic) bond motifs is 2. The van der Waals surface area contributed by atoms with E-state index in [1.54, 1.807) is 24.3 Å². The smallest absolute Gasteiger partial charge is 0.193 e. The van der Waals surface area contributed by atoms with E-state index in [-0.39, 0.29) is 11.8 Å². The zero-order chi connectivity index (χ0) is 19.8. The van der Waals surface area contributed by atoms with Gasteiger partial charge in [0.05, 0.1) is 11.6 Å². The Balaban J connectivity index is 1.46. The molecule has 29 heavy (non-hydrogen) atoms. The monoisotopic (exact) mass is 398 g/mol. The molecule has 0 fully saturated rings. The zero-order valence-corrected chi connectivity index (χ0v) is 16.5. The molecule has 0 amide bonds. The molecule has 1 heterocycles. The predicted molar refractivity (Wildman–Crippen MR) is 118 cm³/mol. The second-order valence-corrected chi connectivity index (χ2v) is 7.78. The molecular formula is C25H19ClN2O. The van der Waals surface area contributed by atoms with Crippen LogP contribution in [0.3, 0.4) is 0 Å². The molecular weight excluding hydrogens is 380 g/mol. The van der Waals surface area contributed by atoms with Gasteiger partial charge in [-0.25, -0.2) is 4.98 Å². The standard InChI is InChI=1S/C25H19ClN2O/c26-18-11-8-17(9-12-18)25(29)21-6-3-7-22-20(21)13-15-24(27-22)28-23-14-10-16-4-1-2-5-19(16)23/h1-9,11-13,15,23H,10,14H2,(H,27,28)/t23-/m1/s1. The molecule has 1 aliphatic rings. The lowest BCUT2D eigenvalue weighted by Gasteiger charge is -2.15. The van der Waals surface area contributed by atoms with Gasteiger partial charge in [0.15, 0.2) is 5.78 Å². The Kier molecular flexibility index (Phi) is 4.53. The summed E-state index contributed by atoms with van der Waals surface area (Å²) in [5, 5.41) is 5.03. The second-order valence-electron chi connectivity index (χ2n) is 7.34. The van der Waals surface area contributed by atoms with Crippen molar-refractivity contribution in [3.63, 3.8) is 0 Å². The Morgan fingerprint density at radius 2 is 1.76 bits per heavy atom. The van der Waals surface area contributed by atoms with E-state index in [2.05, 4.69) is 29.6 Å². The van der Waals surface area contributed by atoms with Crippen molar-refractivity contribution in [3.05, 3.63) is 106 Å². The van der Waals surface area contributed by atoms with Crippen molar-refractivity contribution in [2.45, 2.75) is 18.9 Å². The van der Waals surface area contributed by atoms with Crippen LogP contribution in [0, 0.1) is 0 Å². The highest BCUT2D eigenvalue weighted by molar-refractivity contribution is 6.30. The molecule has 0 bridgehead atoms. The quantitative estimate of drug-likeness (QED) is 0.415. The molecule has 3 aromatic carbocycles. The molecule has 3 nitrogen and oxygen atoms in total. The summed E-state index contributed by atoms with van der Waals surface area (Å²) < 4.78 is 0. The lowest BCUT2D eigenvalue weighted by molar-refractivity contribution is 0.104. The lowest BCUT2D eigenvalue weighted by atomic mass is 9.99. The third-order valence-corrected chi connectivity index (χ3v) is 5.79. The Labute approximate surface area is 174 Å². The van der Waals surface area contributed by atoms with Crippen LogP contribution in [-0.4, -0.2) is 10.8 Å². The van der Waals surface area contributed by atoms with Gasteiger partial charge in [0, 0.05) is 21.5 Å². The van der Waals surface area contributed by atoms with Gasteiger partial charge in [0.2, 0.25) is 0 Å². The molecule has 0 aliphatic heterocycles. The second kappa shape index (κ2) is 7.34. The number of ketones is 1. The molecule has 0 unspecified atom stereocenters. The number of nitrogens with one attached hydrogen (secondary N) is 1. The normalized spacial score (nSPS) is 15.3. The lowest BCUT2D eigenvalue weighted by Crippen LogP contribution is -2.09. The minimum absolute atomic E-state index is 0.0282. The first-order valence-corrected chi connectivity index (χ1v) is 10.1. The van der Waals surface area contributed by atoms with E-state index < -0.39 is 0 Å². The molecule has 1 N–H and O–H groups in total. The summed E-state index contributed by atoms with van der Waals surface area (Å²) in [5.74, 6) is 0.801. The molecule has 5 rings (SSSR count). The fourth-order valence-electron chi connectivity index (χ4n) is 4.08. The highest BCUT2D eigenvalue weighted by Gasteiger charge is 2.22. The van der Waals surface area contributed by atoms with Crippen molar-refractivity contribution in [2.24, 2.45) is 0 Å². The van der Waals surface area contributed by atoms with Gasteiger partial charge < -0.3 is 5.32 Å². The predicted octanol–water partition coefficient (Wildman–Crippen LogP) is 6.22. The third kappa shape index (κ3) is 3.39. The fourth-order valence-corrected chi connectivity index (χ4v) is 4.20. The number of carbonyl (C=O) groups is 1. The van der Waals surface area contributed by atoms with Crippen molar-refractivity contribution >= 4 is 34.1 Å². The maximum atomic E-state index is 13.0. The first-order chi connectivity index (χ1) is 14.2. The number of pyridine rings is 1. The van der Waals surface area contributed by atoms with Crippen LogP contribution in [0.4, 0.5) is 5.82 Å². The van der Waals surface area contributed by atoms with E-state index in [4.69, 9.17) is 16.6 Å². The van der Waals surface area contributed by atoms with E-state index in [0.29, 0.717) is 16.1 Å². The summed E-state index contributed by atoms with van der Waals surface area (Å²) in [5.41, 5.74) is 4.82. The fraction of sp³-hybridized carbons (Fsp3) is 0.120. The summed E-state index contributed by atoms with van der Waals surface area (Å²) in [4.78, 5) is 17.8. The van der Waals surface area contributed by atoms with Gasteiger partial charge in [-0.3, -0.25) is 4.79 Å². The number of benzene rings is 3. The number of aromatic nitrogens is 1. The van der Waals surface area contributed by atoms with E-state index in [1.165, 1.54) is 11.1 Å². The number of halogens is 1. The van der Waals surface area contributed by atoms with Crippen molar-refractivity contribution < 1.29 is 4.79 Å². The SMILES string of the molecule is O=C(c1ccc(Cl)cc1)c1cccc2nc(N[C@@H]3CCc4ccccc43)ccc12. The van der Waals surface area contributed by atoms with Crippen LogP contribution >= 0.6 is 11.6 Å². The number of anilines is 1. The molecule has 1 aliphatic carbocycles. The highest BCUT2D eigenvalue weighted by atomic mass is 35.5. The topological polar surface area (TPSA) is 42.0 Å². The van der Waals surface area contributed by atoms with Crippen LogP contribution in [0.25, 0.3) is 10.9 Å². The number of hydrogen-bond acceptors (Lipinski definition) is 3. The maximum Gasteiger partial charge on any atom is 0.193 e. The largest absolute Gasteiger partial charge is 0.363 e. The Hall–Kier alpha value is -3.17. The van der Waals surface area contributed by atoms with E-state index in [9.17, 15) is 4.79 Å². The number of rotatable bonds is 4. The number of hydrogen-bond donors (Lipinski definition) is 1. The molecule has 0 saturated carbocycles. The Morgan fingerprint density at radius 3 is 2.62 bits per heavy atom. The first-order valence-electron chi connectivity index (χ1n) is 9.73. The van der Waals surface area contributed by atoms with Gasteiger partial charge in [-0.2, -0.15) is 0 Å². The van der Waals surface area contributed by atoms with Crippen LogP contribution < -0.4 is 5.32 Å². The molecule has 0 spiro atoms. The van der Waals surface area contributed by atoms with E-state index in [0.717, 1.165) is 29.6 Å². The minimum atomic E-state index is -0.0282. The van der Waals surface area contributed by atoms with Crippen LogP contribution in [0.1, 0.15) is 39.5 Å². The Bertz CT molecular complexity index is 1220. The van der Waals surface area contributed by atoms with Crippen LogP contribution in [0.15, 0.2) is 78.9 Å². The highest BCUT2D eigenvalue weighted by Crippen LogP contribution is 2.33. The van der Waals surface area contributed by atoms with Crippen molar-refractivity contribution in [1.82, 2.24) is 4.98 Å². The van der Waals surface area contributed by atoms with Gasteiger partial charge in [-0.05, 0) is 66.4 Å². The third-order valence-electron chi connectivity index (χ3n) is 5.54.